The molecular weight excluding hydrogens is 856 g/mol. The van der Waals surface area contributed by atoms with Gasteiger partial charge in [-0.05, 0) is 192 Å². The van der Waals surface area contributed by atoms with Gasteiger partial charge < -0.3 is 0 Å². The van der Waals surface area contributed by atoms with E-state index in [0.717, 1.165) is 94.7 Å². The fraction of sp³-hybridized carbons (Fsp3) is 0.317. The largest absolute Gasteiger partial charge is 0.416 e. The smallest absolute Gasteiger partial charge is 0.294 e. The van der Waals surface area contributed by atoms with Crippen molar-refractivity contribution in [2.24, 2.45) is 10.9 Å². The van der Waals surface area contributed by atoms with Gasteiger partial charge in [0.15, 0.2) is 9.04 Å². The Morgan fingerprint density at radius 1 is 0.642 bits per heavy atom. The van der Waals surface area contributed by atoms with Gasteiger partial charge in [0.1, 0.15) is 0 Å². The molecule has 0 fully saturated rings. The van der Waals surface area contributed by atoms with Gasteiger partial charge in [-0.25, -0.2) is 4.20 Å². The molecule has 7 rings (SSSR count). The summed E-state index contributed by atoms with van der Waals surface area (Å²) in [7, 11) is -1.25. The Morgan fingerprint density at radius 2 is 1.21 bits per heavy atom. The van der Waals surface area contributed by atoms with Gasteiger partial charge in [0.25, 0.3) is 0 Å². The first-order chi connectivity index (χ1) is 31.6. The molecule has 0 N–H and O–H groups in total. The summed E-state index contributed by atoms with van der Waals surface area (Å²) in [6, 6.07) is 23.8. The molecule has 2 heterocycles. The van der Waals surface area contributed by atoms with Crippen LogP contribution in [0.25, 0.3) is 34.9 Å². The third-order valence-electron chi connectivity index (χ3n) is 13.7. The van der Waals surface area contributed by atoms with E-state index in [1.165, 1.54) is 17.7 Å². The van der Waals surface area contributed by atoms with Gasteiger partial charge in [-0.1, -0.05) is 115 Å². The van der Waals surface area contributed by atoms with Gasteiger partial charge in [-0.15, -0.1) is 0 Å². The first-order valence-corrected chi connectivity index (χ1v) is 24.3. The average Bonchev–Trinajstić information content (AvgIpc) is 3.68. The molecule has 0 radical (unpaired) electrons. The van der Waals surface area contributed by atoms with Crippen LogP contribution in [-0.2, 0) is 12.6 Å². The normalized spacial score (nSPS) is 16.4. The summed E-state index contributed by atoms with van der Waals surface area (Å²) in [4.78, 5) is 5.59. The van der Waals surface area contributed by atoms with Gasteiger partial charge in [-0.2, -0.15) is 13.2 Å². The van der Waals surface area contributed by atoms with Crippen LogP contribution >= 0.6 is 9.04 Å². The van der Waals surface area contributed by atoms with Crippen molar-refractivity contribution in [3.05, 3.63) is 196 Å². The number of nitrogens with zero attached hydrogens (tertiary/aromatic N) is 2. The van der Waals surface area contributed by atoms with Crippen molar-refractivity contribution in [1.82, 2.24) is 4.34 Å². The van der Waals surface area contributed by atoms with E-state index in [9.17, 15) is 0 Å². The van der Waals surface area contributed by atoms with Gasteiger partial charge in [0.2, 0.25) is 0 Å². The molecule has 1 aliphatic rings. The number of hydrogen-bond acceptors (Lipinski definition) is 1. The van der Waals surface area contributed by atoms with Gasteiger partial charge in [0, 0.05) is 28.7 Å². The number of rotatable bonds is 11. The molecule has 0 bridgehead atoms. The summed E-state index contributed by atoms with van der Waals surface area (Å²) in [6.07, 6.45) is 4.78. The molecule has 7 heteroatoms. The van der Waals surface area contributed by atoms with Gasteiger partial charge >= 0.3 is 6.18 Å². The predicted molar refractivity (Wildman–Crippen MR) is 280 cm³/mol. The number of alkyl halides is 3. The van der Waals surface area contributed by atoms with E-state index in [0.29, 0.717) is 46.6 Å². The summed E-state index contributed by atoms with van der Waals surface area (Å²) in [5.41, 5.74) is 21.6. The molecule has 1 aliphatic heterocycles. The van der Waals surface area contributed by atoms with Crippen molar-refractivity contribution >= 4 is 38.6 Å². The molecular formula is C60H65F4N2P. The third-order valence-corrected chi connectivity index (χ3v) is 14.3. The Labute approximate surface area is 398 Å². The Bertz CT molecular complexity index is 2970. The number of hydrogen-bond donors (Lipinski definition) is 0. The summed E-state index contributed by atoms with van der Waals surface area (Å²) in [5.74, 6) is -0.551. The number of benzene rings is 5. The minimum atomic E-state index is -4.62. The monoisotopic (exact) mass is 920 g/mol. The van der Waals surface area contributed by atoms with E-state index in [-0.39, 0.29) is 11.8 Å². The fourth-order valence-corrected chi connectivity index (χ4v) is 11.7. The highest BCUT2D eigenvalue weighted by atomic mass is 31.1. The maximum absolute atomic E-state index is 16.7. The first kappa shape index (κ1) is 49.3. The Morgan fingerprint density at radius 3 is 1.76 bits per heavy atom. The molecule has 3 unspecified atom stereocenters. The topological polar surface area (TPSA) is 17.3 Å². The van der Waals surface area contributed by atoms with Crippen molar-refractivity contribution in [3.8, 4) is 11.1 Å². The van der Waals surface area contributed by atoms with Crippen molar-refractivity contribution in [3.63, 3.8) is 0 Å². The number of allylic oxidation sites excluding steroid dienone is 2. The number of aromatic nitrogens is 1. The van der Waals surface area contributed by atoms with E-state index in [1.54, 1.807) is 4.34 Å². The highest BCUT2D eigenvalue weighted by Crippen LogP contribution is 2.51. The molecule has 1 aromatic heterocycles. The van der Waals surface area contributed by atoms with Gasteiger partial charge in [-0.3, -0.25) is 9.33 Å². The minimum Gasteiger partial charge on any atom is -0.294 e. The Balaban J connectivity index is 1.66. The van der Waals surface area contributed by atoms with Crippen LogP contribution < -0.4 is 0 Å². The summed E-state index contributed by atoms with van der Waals surface area (Å²) >= 11 is 0. The lowest BCUT2D eigenvalue weighted by molar-refractivity contribution is -0.137. The van der Waals surface area contributed by atoms with Gasteiger partial charge in [0.05, 0.1) is 22.6 Å². The molecule has 5 aromatic carbocycles. The maximum atomic E-state index is 16.7. The van der Waals surface area contributed by atoms with E-state index >= 15 is 17.4 Å². The standard InChI is InChI=1S/C60H65F4N2P/c1-15-16-46-30-48(32-49(31-46)60(61,62)63)57(58-44(13)55(53-40(9)26-35(4)27-41(53)10)51(65-58)21-19-47-18-17-33(2)23-37(47)6)59-45(14)56(54-42(11)28-36(5)29-43(54)12)52(66(59)67-64)22-20-50-38(7)24-34(3)25-39(50)8/h17-32,44,55,67H,15-16H2,1-14H3/b21-19+,22-20+,58-57-. The van der Waals surface area contributed by atoms with E-state index in [1.807, 2.05) is 26.0 Å². The highest BCUT2D eigenvalue weighted by molar-refractivity contribution is 7.30. The lowest BCUT2D eigenvalue weighted by atomic mass is 9.78. The lowest BCUT2D eigenvalue weighted by Gasteiger charge is -2.24. The SMILES string of the molecule is CCCc1cc(/C(=C2N=C(/C=C/c3ccc(C)cc3C)C(c3c(C)cc(C)cc3C)C/2C)c2c(C)c(-c3c(C)cc(C)cc3C)c(/C=C/c3c(C)cc(C)cc3C)n2PF)cc(C(F)(F)F)c1. The van der Waals surface area contributed by atoms with Crippen LogP contribution in [0.5, 0.6) is 0 Å². The molecule has 0 amide bonds. The Hall–Kier alpha value is -5.58. The van der Waals surface area contributed by atoms with Crippen LogP contribution in [0.1, 0.15) is 138 Å². The van der Waals surface area contributed by atoms with Crippen LogP contribution in [0.15, 0.2) is 89.6 Å². The molecule has 67 heavy (non-hydrogen) atoms. The maximum Gasteiger partial charge on any atom is 0.416 e. The highest BCUT2D eigenvalue weighted by Gasteiger charge is 2.39. The molecule has 0 saturated carbocycles. The zero-order chi connectivity index (χ0) is 48.8. The van der Waals surface area contributed by atoms with E-state index in [2.05, 4.69) is 156 Å². The molecule has 348 valence electrons. The number of aliphatic imine (C=N–C) groups is 1. The second-order valence-corrected chi connectivity index (χ2v) is 19.9. The summed E-state index contributed by atoms with van der Waals surface area (Å²) < 4.78 is 63.9. The van der Waals surface area contributed by atoms with Crippen LogP contribution in [0.2, 0.25) is 0 Å². The van der Waals surface area contributed by atoms with E-state index in [4.69, 9.17) is 4.99 Å². The van der Waals surface area contributed by atoms with Crippen LogP contribution in [0.3, 0.4) is 0 Å². The predicted octanol–water partition coefficient (Wildman–Crippen LogP) is 17.7. The molecule has 6 aromatic rings. The van der Waals surface area contributed by atoms with Crippen LogP contribution in [0, 0.1) is 89.0 Å². The zero-order valence-corrected chi connectivity index (χ0v) is 42.7. The van der Waals surface area contributed by atoms with Crippen molar-refractivity contribution in [2.75, 3.05) is 0 Å². The van der Waals surface area contributed by atoms with E-state index < -0.39 is 20.8 Å². The van der Waals surface area contributed by atoms with Crippen LogP contribution in [-0.4, -0.2) is 10.0 Å². The Kier molecular flexibility index (Phi) is 14.4. The quantitative estimate of drug-likeness (QED) is 0.0910. The summed E-state index contributed by atoms with van der Waals surface area (Å²) in [5, 5.41) is 0. The fourth-order valence-electron chi connectivity index (χ4n) is 11.0. The number of halogens is 4. The minimum absolute atomic E-state index is 0.238. The lowest BCUT2D eigenvalue weighted by Crippen LogP contribution is -2.17. The zero-order valence-electron chi connectivity index (χ0n) is 41.7. The molecule has 0 aliphatic carbocycles. The molecule has 2 nitrogen and oxygen atoms in total. The van der Waals surface area contributed by atoms with Crippen LogP contribution in [0.4, 0.5) is 17.4 Å². The molecule has 3 atom stereocenters. The number of aryl methyl sites for hydroxylation is 12. The molecule has 0 spiro atoms. The second kappa shape index (κ2) is 19.6. The second-order valence-electron chi connectivity index (χ2n) is 19.3. The van der Waals surface area contributed by atoms with Crippen molar-refractivity contribution in [1.29, 1.82) is 0 Å². The first-order valence-electron chi connectivity index (χ1n) is 23.5. The average molecular weight is 921 g/mol. The van der Waals surface area contributed by atoms with Crippen molar-refractivity contribution in [2.45, 2.75) is 122 Å². The summed E-state index contributed by atoms with van der Waals surface area (Å²) in [6.45, 7) is 29.2. The third kappa shape index (κ3) is 9.89. The van der Waals surface area contributed by atoms with Crippen molar-refractivity contribution < 1.29 is 17.4 Å². The molecule has 0 saturated heterocycles.